The summed E-state index contributed by atoms with van der Waals surface area (Å²) in [6, 6.07) is 13.1. The van der Waals surface area contributed by atoms with E-state index in [4.69, 9.17) is 0 Å². The summed E-state index contributed by atoms with van der Waals surface area (Å²) in [5, 5.41) is 11.8. The van der Waals surface area contributed by atoms with Crippen LogP contribution in [0.1, 0.15) is 11.3 Å². The molecule has 1 heterocycles. The van der Waals surface area contributed by atoms with Crippen LogP contribution in [-0.4, -0.2) is 9.91 Å². The van der Waals surface area contributed by atoms with Crippen molar-refractivity contribution in [1.29, 1.82) is 0 Å². The van der Waals surface area contributed by atoms with Crippen LogP contribution in [0.3, 0.4) is 0 Å². The normalized spacial score (nSPS) is 11.2. The smallest absolute Gasteiger partial charge is 0.258 e. The van der Waals surface area contributed by atoms with Crippen molar-refractivity contribution in [1.82, 2.24) is 4.98 Å². The molecule has 23 heavy (non-hydrogen) atoms. The van der Waals surface area contributed by atoms with Gasteiger partial charge in [-0.25, -0.2) is 9.37 Å². The van der Waals surface area contributed by atoms with Crippen LogP contribution in [0.2, 0.25) is 0 Å². The Labute approximate surface area is 139 Å². The Hall–Kier alpha value is -2.60. The highest BCUT2D eigenvalue weighted by Gasteiger charge is 2.12. The largest absolute Gasteiger partial charge is 0.295 e. The van der Waals surface area contributed by atoms with Gasteiger partial charge in [0.15, 0.2) is 0 Å². The lowest BCUT2D eigenvalue weighted by Gasteiger charge is -2.01. The Kier molecular flexibility index (Phi) is 4.16. The lowest BCUT2D eigenvalue weighted by atomic mass is 10.1. The zero-order chi connectivity index (χ0) is 16.4. The average molecular weight is 373 g/mol. The lowest BCUT2D eigenvalue weighted by Crippen LogP contribution is -1.92. The van der Waals surface area contributed by atoms with Crippen LogP contribution in [0.5, 0.6) is 0 Å². The lowest BCUT2D eigenvalue weighted by molar-refractivity contribution is -0.383. The molecule has 0 spiro atoms. The van der Waals surface area contributed by atoms with Gasteiger partial charge in [-0.15, -0.1) is 0 Å². The van der Waals surface area contributed by atoms with Crippen LogP contribution in [0.15, 0.2) is 53.0 Å². The van der Waals surface area contributed by atoms with E-state index in [9.17, 15) is 14.5 Å². The van der Waals surface area contributed by atoms with Gasteiger partial charge in [0.05, 0.1) is 15.1 Å². The zero-order valence-corrected chi connectivity index (χ0v) is 13.3. The van der Waals surface area contributed by atoms with E-state index in [1.165, 1.54) is 12.1 Å². The van der Waals surface area contributed by atoms with Gasteiger partial charge in [0.1, 0.15) is 11.3 Å². The molecule has 1 aromatic heterocycles. The molecular weight excluding hydrogens is 363 g/mol. The summed E-state index contributed by atoms with van der Waals surface area (Å²) in [5.41, 5.74) is 1.71. The van der Waals surface area contributed by atoms with E-state index in [0.717, 1.165) is 5.56 Å². The fourth-order valence-corrected chi connectivity index (χ4v) is 2.58. The third-order valence-corrected chi connectivity index (χ3v) is 3.92. The number of benzene rings is 2. The van der Waals surface area contributed by atoms with E-state index >= 15 is 0 Å². The molecule has 0 unspecified atom stereocenters. The Balaban J connectivity index is 2.00. The molecule has 0 N–H and O–H groups in total. The van der Waals surface area contributed by atoms with Gasteiger partial charge in [-0.05, 0) is 45.8 Å². The first kappa shape index (κ1) is 15.3. The van der Waals surface area contributed by atoms with Gasteiger partial charge in [0.25, 0.3) is 5.69 Å². The maximum Gasteiger partial charge on any atom is 0.295 e. The minimum atomic E-state index is -0.445. The monoisotopic (exact) mass is 372 g/mol. The summed E-state index contributed by atoms with van der Waals surface area (Å²) in [7, 11) is 0. The molecule has 0 saturated heterocycles. The number of nitrogens with zero attached hydrogens (tertiary/aromatic N) is 2. The van der Waals surface area contributed by atoms with Gasteiger partial charge >= 0.3 is 0 Å². The highest BCUT2D eigenvalue weighted by Crippen LogP contribution is 2.24. The Morgan fingerprint density at radius 1 is 1.13 bits per heavy atom. The summed E-state index contributed by atoms with van der Waals surface area (Å²) < 4.78 is 13.6. The Morgan fingerprint density at radius 2 is 1.96 bits per heavy atom. The predicted octanol–water partition coefficient (Wildman–Crippen LogP) is 5.22. The highest BCUT2D eigenvalue weighted by molar-refractivity contribution is 9.10. The summed E-state index contributed by atoms with van der Waals surface area (Å²) in [6.07, 6.45) is 3.50. The molecule has 0 aliphatic heterocycles. The molecule has 3 rings (SSSR count). The van der Waals surface area contributed by atoms with Crippen molar-refractivity contribution in [3.8, 4) is 0 Å². The molecule has 0 radical (unpaired) electrons. The van der Waals surface area contributed by atoms with Gasteiger partial charge < -0.3 is 0 Å². The number of rotatable bonds is 3. The Morgan fingerprint density at radius 3 is 2.70 bits per heavy atom. The highest BCUT2D eigenvalue weighted by atomic mass is 79.9. The molecular formula is C17H10BrFN2O2. The van der Waals surface area contributed by atoms with E-state index in [1.54, 1.807) is 48.6 Å². The number of pyridine rings is 1. The molecule has 4 nitrogen and oxygen atoms in total. The van der Waals surface area contributed by atoms with Crippen molar-refractivity contribution < 1.29 is 9.31 Å². The van der Waals surface area contributed by atoms with Gasteiger partial charge in [0, 0.05) is 11.5 Å². The first-order valence-electron chi connectivity index (χ1n) is 6.72. The second-order valence-corrected chi connectivity index (χ2v) is 5.70. The van der Waals surface area contributed by atoms with Crippen LogP contribution in [0.4, 0.5) is 10.1 Å². The van der Waals surface area contributed by atoms with E-state index in [0.29, 0.717) is 21.1 Å². The number of halogens is 2. The molecule has 3 aromatic rings. The molecule has 114 valence electrons. The van der Waals surface area contributed by atoms with Gasteiger partial charge in [0.2, 0.25) is 0 Å². The van der Waals surface area contributed by atoms with Crippen LogP contribution in [-0.2, 0) is 0 Å². The number of aromatic nitrogens is 1. The van der Waals surface area contributed by atoms with Crippen molar-refractivity contribution in [3.05, 3.63) is 80.2 Å². The SMILES string of the molecule is O=[N+]([O-])c1cccc2ccc(/C=C/c3ccc(F)c(Br)c3)nc12. The number of fused-ring (bicyclic) bond motifs is 1. The van der Waals surface area contributed by atoms with Crippen molar-refractivity contribution in [3.63, 3.8) is 0 Å². The van der Waals surface area contributed by atoms with Crippen molar-refractivity contribution in [2.75, 3.05) is 0 Å². The maximum atomic E-state index is 13.2. The van der Waals surface area contributed by atoms with E-state index in [1.807, 2.05) is 0 Å². The summed E-state index contributed by atoms with van der Waals surface area (Å²) >= 11 is 3.13. The van der Waals surface area contributed by atoms with Gasteiger partial charge in [-0.1, -0.05) is 30.3 Å². The molecule has 0 fully saturated rings. The number of para-hydroxylation sites is 1. The molecule has 0 aliphatic rings. The van der Waals surface area contributed by atoms with Gasteiger partial charge in [-0.3, -0.25) is 10.1 Å². The van der Waals surface area contributed by atoms with E-state index < -0.39 is 4.92 Å². The first-order valence-corrected chi connectivity index (χ1v) is 7.51. The van der Waals surface area contributed by atoms with E-state index in [-0.39, 0.29) is 11.5 Å². The molecule has 6 heteroatoms. The fraction of sp³-hybridized carbons (Fsp3) is 0. The predicted molar refractivity (Wildman–Crippen MR) is 91.4 cm³/mol. The summed E-state index contributed by atoms with van der Waals surface area (Å²) in [6.45, 7) is 0. The number of nitro benzene ring substituents is 1. The Bertz CT molecular complexity index is 941. The van der Waals surface area contributed by atoms with Crippen molar-refractivity contribution in [2.24, 2.45) is 0 Å². The number of non-ortho nitro benzene ring substituents is 1. The molecule has 0 aliphatic carbocycles. The average Bonchev–Trinajstić information content (AvgIpc) is 2.55. The fourth-order valence-electron chi connectivity index (χ4n) is 2.18. The standard InChI is InChI=1S/C17H10BrFN2O2/c18-14-10-11(5-9-15(14)19)4-7-13-8-6-12-2-1-3-16(21(22)23)17(12)20-13/h1-10H/b7-4+. The van der Waals surface area contributed by atoms with Crippen molar-refractivity contribution >= 4 is 44.7 Å². The number of hydrogen-bond acceptors (Lipinski definition) is 3. The van der Waals surface area contributed by atoms with Crippen LogP contribution in [0.25, 0.3) is 23.1 Å². The first-order chi connectivity index (χ1) is 11.0. The zero-order valence-electron chi connectivity index (χ0n) is 11.7. The number of hydrogen-bond donors (Lipinski definition) is 0. The molecule has 2 aromatic carbocycles. The topological polar surface area (TPSA) is 56.0 Å². The van der Waals surface area contributed by atoms with Gasteiger partial charge in [-0.2, -0.15) is 0 Å². The van der Waals surface area contributed by atoms with Crippen LogP contribution >= 0.6 is 15.9 Å². The molecule has 0 amide bonds. The molecule has 0 saturated carbocycles. The molecule has 0 atom stereocenters. The summed E-state index contributed by atoms with van der Waals surface area (Å²) in [4.78, 5) is 15.0. The van der Waals surface area contributed by atoms with Crippen LogP contribution in [0, 0.1) is 15.9 Å². The molecule has 0 bridgehead atoms. The second-order valence-electron chi connectivity index (χ2n) is 4.85. The maximum absolute atomic E-state index is 13.2. The van der Waals surface area contributed by atoms with Crippen LogP contribution < -0.4 is 0 Å². The number of nitro groups is 1. The van der Waals surface area contributed by atoms with E-state index in [2.05, 4.69) is 20.9 Å². The minimum Gasteiger partial charge on any atom is -0.258 e. The quantitative estimate of drug-likeness (QED) is 0.468. The van der Waals surface area contributed by atoms with Crippen molar-refractivity contribution in [2.45, 2.75) is 0 Å². The third kappa shape index (κ3) is 3.27. The third-order valence-electron chi connectivity index (χ3n) is 3.31. The second kappa shape index (κ2) is 6.26. The summed E-state index contributed by atoms with van der Waals surface area (Å²) in [5.74, 6) is -0.332. The minimum absolute atomic E-state index is 0.0257.